The van der Waals surface area contributed by atoms with Gasteiger partial charge in [-0.3, -0.25) is 9.97 Å². The topological polar surface area (TPSA) is 79.3 Å². The Morgan fingerprint density at radius 1 is 1.00 bits per heavy atom. The molecule has 1 aliphatic rings. The zero-order valence-electron chi connectivity index (χ0n) is 17.5. The van der Waals surface area contributed by atoms with Crippen LogP contribution in [0.4, 0.5) is 5.82 Å². The van der Waals surface area contributed by atoms with Gasteiger partial charge in [0.2, 0.25) is 10.0 Å². The summed E-state index contributed by atoms with van der Waals surface area (Å²) < 4.78 is 25.9. The summed E-state index contributed by atoms with van der Waals surface area (Å²) in [7, 11) is -3.18. The maximum atomic E-state index is 12.2. The lowest BCUT2D eigenvalue weighted by molar-refractivity contribution is 0.384. The van der Waals surface area contributed by atoms with Gasteiger partial charge >= 0.3 is 0 Å². The van der Waals surface area contributed by atoms with Gasteiger partial charge in [-0.1, -0.05) is 41.4 Å². The Labute approximate surface area is 187 Å². The van der Waals surface area contributed by atoms with Crippen molar-refractivity contribution in [2.45, 2.75) is 13.8 Å². The second kappa shape index (κ2) is 8.90. The molecule has 3 heterocycles. The van der Waals surface area contributed by atoms with E-state index in [0.717, 1.165) is 22.4 Å². The summed E-state index contributed by atoms with van der Waals surface area (Å²) in [6.45, 7) is 5.69. The lowest BCUT2D eigenvalue weighted by Gasteiger charge is -2.34. The molecule has 0 amide bonds. The Morgan fingerprint density at radius 3 is 2.35 bits per heavy atom. The minimum absolute atomic E-state index is 0.114. The second-order valence-electron chi connectivity index (χ2n) is 7.43. The Kier molecular flexibility index (Phi) is 6.22. The van der Waals surface area contributed by atoms with Gasteiger partial charge in [0, 0.05) is 49.7 Å². The third kappa shape index (κ3) is 4.56. The van der Waals surface area contributed by atoms with Crippen LogP contribution < -0.4 is 4.90 Å². The highest BCUT2D eigenvalue weighted by atomic mass is 35.5. The molecular formula is C22H24ClN5O2S. The number of nitrogens with zero attached hydrogens (tertiary/aromatic N) is 5. The molecule has 0 N–H and O–H groups in total. The lowest BCUT2D eigenvalue weighted by atomic mass is 10.0. The quantitative estimate of drug-likeness (QED) is 0.582. The van der Waals surface area contributed by atoms with Gasteiger partial charge in [-0.15, -0.1) is 0 Å². The standard InChI is InChI=1S/C22H24ClN5O2S/c1-3-31(29,30)28-12-10-27(11-13-28)20-15-25-21(17-6-4-16(2)5-7-17)22(26-20)18-8-9-24-14-19(18)23/h4-9,14-15H,3,10-13H2,1-2H3. The van der Waals surface area contributed by atoms with E-state index in [-0.39, 0.29) is 5.75 Å². The van der Waals surface area contributed by atoms with Crippen molar-refractivity contribution < 1.29 is 8.42 Å². The van der Waals surface area contributed by atoms with Crippen LogP contribution in [0.15, 0.2) is 48.9 Å². The number of piperazine rings is 1. The van der Waals surface area contributed by atoms with Crippen LogP contribution in [-0.2, 0) is 10.0 Å². The molecule has 2 aromatic heterocycles. The lowest BCUT2D eigenvalue weighted by Crippen LogP contribution is -2.49. The number of sulfonamides is 1. The van der Waals surface area contributed by atoms with Crippen LogP contribution in [0.1, 0.15) is 12.5 Å². The molecule has 0 saturated carbocycles. The molecule has 9 heteroatoms. The Balaban J connectivity index is 1.71. The van der Waals surface area contributed by atoms with Crippen LogP contribution in [0, 0.1) is 6.92 Å². The molecule has 162 valence electrons. The third-order valence-electron chi connectivity index (χ3n) is 5.43. The average Bonchev–Trinajstić information content (AvgIpc) is 2.80. The van der Waals surface area contributed by atoms with E-state index in [1.54, 1.807) is 25.5 Å². The van der Waals surface area contributed by atoms with Crippen molar-refractivity contribution in [1.29, 1.82) is 0 Å². The fourth-order valence-electron chi connectivity index (χ4n) is 3.59. The summed E-state index contributed by atoms with van der Waals surface area (Å²) >= 11 is 6.45. The van der Waals surface area contributed by atoms with E-state index >= 15 is 0 Å². The highest BCUT2D eigenvalue weighted by Gasteiger charge is 2.27. The van der Waals surface area contributed by atoms with Crippen LogP contribution in [0.25, 0.3) is 22.5 Å². The summed E-state index contributed by atoms with van der Waals surface area (Å²) in [5.41, 5.74) is 4.29. The van der Waals surface area contributed by atoms with Gasteiger partial charge in [0.25, 0.3) is 0 Å². The molecule has 1 aromatic carbocycles. The van der Waals surface area contributed by atoms with Crippen molar-refractivity contribution in [2.75, 3.05) is 36.8 Å². The van der Waals surface area contributed by atoms with Gasteiger partial charge in [0.05, 0.1) is 22.7 Å². The number of rotatable bonds is 5. The van der Waals surface area contributed by atoms with Crippen molar-refractivity contribution in [3.63, 3.8) is 0 Å². The summed E-state index contributed by atoms with van der Waals surface area (Å²) in [5, 5.41) is 0.501. The Bertz CT molecular complexity index is 1180. The van der Waals surface area contributed by atoms with Crippen molar-refractivity contribution in [3.05, 3.63) is 59.5 Å². The number of pyridine rings is 1. The summed E-state index contributed by atoms with van der Waals surface area (Å²) in [6, 6.07) is 9.95. The molecule has 31 heavy (non-hydrogen) atoms. The second-order valence-corrected chi connectivity index (χ2v) is 10.1. The first kappa shape index (κ1) is 21.7. The van der Waals surface area contributed by atoms with Crippen LogP contribution in [0.3, 0.4) is 0 Å². The predicted octanol–water partition coefficient (Wildman–Crippen LogP) is 3.64. The maximum Gasteiger partial charge on any atom is 0.213 e. The van der Waals surface area contributed by atoms with Crippen LogP contribution in [0.5, 0.6) is 0 Å². The number of hydrogen-bond acceptors (Lipinski definition) is 6. The molecule has 0 aliphatic carbocycles. The van der Waals surface area contributed by atoms with E-state index < -0.39 is 10.0 Å². The van der Waals surface area contributed by atoms with Gasteiger partial charge in [-0.25, -0.2) is 13.4 Å². The van der Waals surface area contributed by atoms with Crippen LogP contribution >= 0.6 is 11.6 Å². The molecule has 0 radical (unpaired) electrons. The fraction of sp³-hybridized carbons (Fsp3) is 0.318. The summed E-state index contributed by atoms with van der Waals surface area (Å²) in [4.78, 5) is 15.8. The third-order valence-corrected chi connectivity index (χ3v) is 7.62. The SMILES string of the molecule is CCS(=O)(=O)N1CCN(c2cnc(-c3ccc(C)cc3)c(-c3ccncc3Cl)n2)CC1. The number of benzene rings is 1. The number of hydrogen-bond donors (Lipinski definition) is 0. The van der Waals surface area contributed by atoms with Crippen LogP contribution in [-0.4, -0.2) is 59.6 Å². The summed E-state index contributed by atoms with van der Waals surface area (Å²) in [5.74, 6) is 0.815. The molecule has 1 fully saturated rings. The normalized spacial score (nSPS) is 15.3. The van der Waals surface area contributed by atoms with Gasteiger partial charge in [-0.05, 0) is 19.9 Å². The van der Waals surface area contributed by atoms with Crippen LogP contribution in [0.2, 0.25) is 5.02 Å². The molecule has 3 aromatic rings. The Hall–Kier alpha value is -2.55. The first-order valence-electron chi connectivity index (χ1n) is 10.2. The van der Waals surface area contributed by atoms with Gasteiger partial charge in [0.1, 0.15) is 11.5 Å². The maximum absolute atomic E-state index is 12.2. The molecule has 4 rings (SSSR count). The molecule has 7 nitrogen and oxygen atoms in total. The van der Waals surface area contributed by atoms with E-state index in [4.69, 9.17) is 21.6 Å². The van der Waals surface area contributed by atoms with Gasteiger partial charge < -0.3 is 4.90 Å². The molecule has 1 aliphatic heterocycles. The molecular weight excluding hydrogens is 434 g/mol. The van der Waals surface area contributed by atoms with E-state index in [0.29, 0.717) is 42.7 Å². The molecule has 0 unspecified atom stereocenters. The number of halogens is 1. The number of aromatic nitrogens is 3. The largest absolute Gasteiger partial charge is 0.353 e. The van der Waals surface area contributed by atoms with E-state index in [1.807, 2.05) is 37.3 Å². The molecule has 0 spiro atoms. The average molecular weight is 458 g/mol. The van der Waals surface area contributed by atoms with E-state index in [2.05, 4.69) is 9.88 Å². The minimum Gasteiger partial charge on any atom is -0.353 e. The van der Waals surface area contributed by atoms with Crippen molar-refractivity contribution in [2.24, 2.45) is 0 Å². The predicted molar refractivity (Wildman–Crippen MR) is 124 cm³/mol. The zero-order chi connectivity index (χ0) is 22.0. The minimum atomic E-state index is -3.18. The first-order valence-corrected chi connectivity index (χ1v) is 12.1. The molecule has 1 saturated heterocycles. The number of aryl methyl sites for hydroxylation is 1. The van der Waals surface area contributed by atoms with E-state index in [1.165, 1.54) is 4.31 Å². The first-order chi connectivity index (χ1) is 14.9. The van der Waals surface area contributed by atoms with Gasteiger partial charge in [0.15, 0.2) is 0 Å². The highest BCUT2D eigenvalue weighted by Crippen LogP contribution is 2.34. The fourth-order valence-corrected chi connectivity index (χ4v) is 4.88. The highest BCUT2D eigenvalue weighted by molar-refractivity contribution is 7.89. The van der Waals surface area contributed by atoms with Crippen molar-refractivity contribution in [3.8, 4) is 22.5 Å². The Morgan fingerprint density at radius 2 is 1.71 bits per heavy atom. The molecule has 0 atom stereocenters. The smallest absolute Gasteiger partial charge is 0.213 e. The van der Waals surface area contributed by atoms with Crippen molar-refractivity contribution in [1.82, 2.24) is 19.3 Å². The number of anilines is 1. The molecule has 0 bridgehead atoms. The monoisotopic (exact) mass is 457 g/mol. The summed E-state index contributed by atoms with van der Waals surface area (Å²) in [6.07, 6.45) is 5.03. The van der Waals surface area contributed by atoms with Crippen molar-refractivity contribution >= 4 is 27.4 Å². The zero-order valence-corrected chi connectivity index (χ0v) is 19.1. The van der Waals surface area contributed by atoms with E-state index in [9.17, 15) is 8.42 Å². The van der Waals surface area contributed by atoms with Gasteiger partial charge in [-0.2, -0.15) is 4.31 Å².